The molecule has 1 aliphatic carbocycles. The van der Waals surface area contributed by atoms with E-state index in [1.165, 1.54) is 0 Å². The first-order valence-electron chi connectivity index (χ1n) is 7.63. The summed E-state index contributed by atoms with van der Waals surface area (Å²) in [6, 6.07) is -0.0825. The van der Waals surface area contributed by atoms with Crippen LogP contribution in [-0.2, 0) is 17.8 Å². The third-order valence-corrected chi connectivity index (χ3v) is 4.68. The number of fused-ring (bicyclic) bond motifs is 1. The van der Waals surface area contributed by atoms with E-state index in [4.69, 9.17) is 5.73 Å². The van der Waals surface area contributed by atoms with E-state index in [0.717, 1.165) is 50.3 Å². The van der Waals surface area contributed by atoms with Crippen molar-refractivity contribution in [1.82, 2.24) is 20.1 Å². The molecule has 2 aliphatic rings. The lowest BCUT2D eigenvalue weighted by Gasteiger charge is -2.20. The summed E-state index contributed by atoms with van der Waals surface area (Å²) in [4.78, 5) is 12.4. The predicted molar refractivity (Wildman–Crippen MR) is 74.8 cm³/mol. The molecule has 0 radical (unpaired) electrons. The summed E-state index contributed by atoms with van der Waals surface area (Å²) in [6.07, 6.45) is 5.25. The van der Waals surface area contributed by atoms with Gasteiger partial charge in [-0.2, -0.15) is 0 Å². The third kappa shape index (κ3) is 2.32. The topological polar surface area (TPSA) is 85.8 Å². The van der Waals surface area contributed by atoms with Crippen LogP contribution in [0.3, 0.4) is 0 Å². The lowest BCUT2D eigenvalue weighted by Crippen LogP contribution is -2.37. The molecule has 1 fully saturated rings. The van der Waals surface area contributed by atoms with Crippen molar-refractivity contribution in [3.63, 3.8) is 0 Å². The summed E-state index contributed by atoms with van der Waals surface area (Å²) in [5, 5.41) is 11.5. The summed E-state index contributed by atoms with van der Waals surface area (Å²) in [7, 11) is 0. The lowest BCUT2D eigenvalue weighted by atomic mass is 9.95. The fourth-order valence-electron chi connectivity index (χ4n) is 3.54. The van der Waals surface area contributed by atoms with Crippen LogP contribution >= 0.6 is 0 Å². The minimum Gasteiger partial charge on any atom is -0.346 e. The van der Waals surface area contributed by atoms with Gasteiger partial charge < -0.3 is 15.6 Å². The Balaban J connectivity index is 1.66. The van der Waals surface area contributed by atoms with Gasteiger partial charge in [0, 0.05) is 18.9 Å². The summed E-state index contributed by atoms with van der Waals surface area (Å²) in [5.41, 5.74) is 5.75. The molecular formula is C14H23N5O. The van der Waals surface area contributed by atoms with Crippen LogP contribution in [0.4, 0.5) is 0 Å². The van der Waals surface area contributed by atoms with Crippen LogP contribution in [0.2, 0.25) is 0 Å². The number of aryl methyl sites for hydroxylation is 1. The van der Waals surface area contributed by atoms with Gasteiger partial charge in [0.1, 0.15) is 5.82 Å². The van der Waals surface area contributed by atoms with Crippen LogP contribution in [-0.4, -0.2) is 27.2 Å². The SMILES string of the molecule is CC(NC(=O)C1CCCC1CN)c1nnc2n1CCC2. The summed E-state index contributed by atoms with van der Waals surface area (Å²) in [6.45, 7) is 3.56. The van der Waals surface area contributed by atoms with Crippen molar-refractivity contribution in [2.45, 2.75) is 51.6 Å². The number of nitrogens with two attached hydrogens (primary N) is 1. The molecule has 1 aliphatic heterocycles. The van der Waals surface area contributed by atoms with E-state index in [-0.39, 0.29) is 17.9 Å². The second kappa shape index (κ2) is 5.52. The summed E-state index contributed by atoms with van der Waals surface area (Å²) >= 11 is 0. The monoisotopic (exact) mass is 277 g/mol. The zero-order valence-electron chi connectivity index (χ0n) is 12.0. The van der Waals surface area contributed by atoms with E-state index in [1.54, 1.807) is 0 Å². The molecule has 110 valence electrons. The quantitative estimate of drug-likeness (QED) is 0.851. The van der Waals surface area contributed by atoms with Gasteiger partial charge in [0.2, 0.25) is 5.91 Å². The Morgan fingerprint density at radius 3 is 3.10 bits per heavy atom. The second-order valence-electron chi connectivity index (χ2n) is 5.99. The van der Waals surface area contributed by atoms with E-state index in [1.807, 2.05) is 6.92 Å². The van der Waals surface area contributed by atoms with Gasteiger partial charge in [0.05, 0.1) is 6.04 Å². The van der Waals surface area contributed by atoms with Gasteiger partial charge in [0.15, 0.2) is 5.82 Å². The Morgan fingerprint density at radius 2 is 2.30 bits per heavy atom. The summed E-state index contributed by atoms with van der Waals surface area (Å²) in [5.74, 6) is 2.46. The van der Waals surface area contributed by atoms with Gasteiger partial charge in [-0.1, -0.05) is 6.42 Å². The molecule has 3 unspecified atom stereocenters. The minimum atomic E-state index is -0.0825. The molecule has 1 amide bonds. The largest absolute Gasteiger partial charge is 0.346 e. The highest BCUT2D eigenvalue weighted by Crippen LogP contribution is 2.31. The molecule has 0 aromatic carbocycles. The molecule has 0 bridgehead atoms. The van der Waals surface area contributed by atoms with Crippen molar-refractivity contribution in [2.24, 2.45) is 17.6 Å². The average molecular weight is 277 g/mol. The number of nitrogens with zero attached hydrogens (tertiary/aromatic N) is 3. The van der Waals surface area contributed by atoms with Crippen LogP contribution in [0.1, 0.15) is 50.3 Å². The average Bonchev–Trinajstić information content (AvgIpc) is 3.13. The maximum Gasteiger partial charge on any atom is 0.224 e. The zero-order chi connectivity index (χ0) is 14.1. The molecule has 3 N–H and O–H groups in total. The highest BCUT2D eigenvalue weighted by molar-refractivity contribution is 5.79. The zero-order valence-corrected chi connectivity index (χ0v) is 12.0. The maximum atomic E-state index is 12.4. The van der Waals surface area contributed by atoms with E-state index in [9.17, 15) is 4.79 Å². The normalized spacial score (nSPS) is 26.5. The smallest absolute Gasteiger partial charge is 0.224 e. The van der Waals surface area contributed by atoms with Crippen LogP contribution < -0.4 is 11.1 Å². The second-order valence-corrected chi connectivity index (χ2v) is 5.99. The molecule has 3 atom stereocenters. The van der Waals surface area contributed by atoms with Gasteiger partial charge in [-0.15, -0.1) is 10.2 Å². The number of amides is 1. The number of rotatable bonds is 4. The molecule has 3 rings (SSSR count). The Kier molecular flexibility index (Phi) is 3.74. The van der Waals surface area contributed by atoms with Gasteiger partial charge in [-0.25, -0.2) is 0 Å². The van der Waals surface area contributed by atoms with E-state index in [0.29, 0.717) is 12.5 Å². The van der Waals surface area contributed by atoms with Gasteiger partial charge in [-0.3, -0.25) is 4.79 Å². The molecule has 6 nitrogen and oxygen atoms in total. The van der Waals surface area contributed by atoms with Gasteiger partial charge >= 0.3 is 0 Å². The van der Waals surface area contributed by atoms with Gasteiger partial charge in [-0.05, 0) is 38.6 Å². The Bertz CT molecular complexity index is 498. The van der Waals surface area contributed by atoms with Crippen molar-refractivity contribution in [2.75, 3.05) is 6.54 Å². The van der Waals surface area contributed by atoms with Crippen LogP contribution in [0, 0.1) is 11.8 Å². The Morgan fingerprint density at radius 1 is 1.45 bits per heavy atom. The highest BCUT2D eigenvalue weighted by atomic mass is 16.2. The first-order chi connectivity index (χ1) is 9.70. The van der Waals surface area contributed by atoms with E-state index in [2.05, 4.69) is 20.1 Å². The molecule has 1 aromatic rings. The van der Waals surface area contributed by atoms with E-state index < -0.39 is 0 Å². The molecule has 2 heterocycles. The Hall–Kier alpha value is -1.43. The van der Waals surface area contributed by atoms with Crippen molar-refractivity contribution in [3.05, 3.63) is 11.6 Å². The standard InChI is InChI=1S/C14H23N5O/c1-9(13-18-17-12-6-3-7-19(12)13)16-14(20)11-5-2-4-10(11)8-15/h9-11H,2-8,15H2,1H3,(H,16,20). The van der Waals surface area contributed by atoms with Crippen molar-refractivity contribution < 1.29 is 4.79 Å². The first-order valence-corrected chi connectivity index (χ1v) is 7.63. The number of nitrogens with one attached hydrogen (secondary N) is 1. The van der Waals surface area contributed by atoms with Crippen molar-refractivity contribution in [1.29, 1.82) is 0 Å². The molecule has 6 heteroatoms. The van der Waals surface area contributed by atoms with Crippen LogP contribution in [0.15, 0.2) is 0 Å². The first kappa shape index (κ1) is 13.5. The molecule has 0 saturated heterocycles. The number of aromatic nitrogens is 3. The van der Waals surface area contributed by atoms with Crippen molar-refractivity contribution in [3.8, 4) is 0 Å². The lowest BCUT2D eigenvalue weighted by molar-refractivity contribution is -0.126. The Labute approximate surface area is 119 Å². The third-order valence-electron chi connectivity index (χ3n) is 4.68. The number of hydrogen-bond acceptors (Lipinski definition) is 4. The highest BCUT2D eigenvalue weighted by Gasteiger charge is 2.33. The molecule has 1 saturated carbocycles. The molecular weight excluding hydrogens is 254 g/mol. The number of carbonyl (C=O) groups is 1. The fraction of sp³-hybridized carbons (Fsp3) is 0.786. The molecule has 20 heavy (non-hydrogen) atoms. The maximum absolute atomic E-state index is 12.4. The van der Waals surface area contributed by atoms with Crippen molar-refractivity contribution >= 4 is 5.91 Å². The van der Waals surface area contributed by atoms with Gasteiger partial charge in [0.25, 0.3) is 0 Å². The van der Waals surface area contributed by atoms with Crippen LogP contribution in [0.5, 0.6) is 0 Å². The number of hydrogen-bond donors (Lipinski definition) is 2. The van der Waals surface area contributed by atoms with Crippen LogP contribution in [0.25, 0.3) is 0 Å². The molecule has 0 spiro atoms. The number of carbonyl (C=O) groups excluding carboxylic acids is 1. The minimum absolute atomic E-state index is 0.0726. The van der Waals surface area contributed by atoms with E-state index >= 15 is 0 Å². The fourth-order valence-corrected chi connectivity index (χ4v) is 3.54. The predicted octanol–water partition coefficient (Wildman–Crippen LogP) is 0.777. The summed E-state index contributed by atoms with van der Waals surface area (Å²) < 4.78 is 2.14. The molecule has 1 aromatic heterocycles.